The van der Waals surface area contributed by atoms with Crippen molar-refractivity contribution in [1.29, 1.82) is 0 Å². The third-order valence-electron chi connectivity index (χ3n) is 2.96. The van der Waals surface area contributed by atoms with Gasteiger partial charge in [0.05, 0.1) is 6.20 Å². The lowest BCUT2D eigenvalue weighted by molar-refractivity contribution is 0.226. The van der Waals surface area contributed by atoms with Crippen LogP contribution in [-0.2, 0) is 0 Å². The number of likely N-dealkylation sites (tertiary alicyclic amines) is 1. The molecular formula is C11H17ClN4. The molecule has 0 saturated carbocycles. The Hall–Kier alpha value is -0.870. The molecule has 1 fully saturated rings. The van der Waals surface area contributed by atoms with Crippen LogP contribution in [0.15, 0.2) is 12.5 Å². The van der Waals surface area contributed by atoms with Crippen LogP contribution >= 0.6 is 11.6 Å². The maximum atomic E-state index is 6.01. The molecule has 1 saturated heterocycles. The third kappa shape index (κ3) is 2.83. The minimum Gasteiger partial charge on any atom is -0.365 e. The van der Waals surface area contributed by atoms with Gasteiger partial charge in [-0.05, 0) is 25.9 Å². The first-order chi connectivity index (χ1) is 7.79. The highest BCUT2D eigenvalue weighted by atomic mass is 35.5. The van der Waals surface area contributed by atoms with E-state index in [2.05, 4.69) is 27.1 Å². The average molecular weight is 241 g/mol. The zero-order valence-corrected chi connectivity index (χ0v) is 10.2. The van der Waals surface area contributed by atoms with E-state index in [1.807, 2.05) is 0 Å². The maximum absolute atomic E-state index is 6.01. The molecule has 1 aromatic rings. The van der Waals surface area contributed by atoms with E-state index in [1.165, 1.54) is 25.7 Å². The Bertz CT molecular complexity index is 345. The highest BCUT2D eigenvalue weighted by molar-refractivity contribution is 6.32. The van der Waals surface area contributed by atoms with Crippen LogP contribution < -0.4 is 5.32 Å². The summed E-state index contributed by atoms with van der Waals surface area (Å²) in [7, 11) is 0. The second-order valence-electron chi connectivity index (χ2n) is 4.10. The van der Waals surface area contributed by atoms with Gasteiger partial charge in [0.25, 0.3) is 0 Å². The van der Waals surface area contributed by atoms with Gasteiger partial charge in [-0.3, -0.25) is 0 Å². The Balaban J connectivity index is 1.97. The monoisotopic (exact) mass is 240 g/mol. The Kier molecular flexibility index (Phi) is 3.96. The normalized spacial score (nSPS) is 22.0. The SMILES string of the molecule is CCN1CCCC(Nc2ncncc2Cl)C1. The molecule has 1 aliphatic rings. The molecule has 1 N–H and O–H groups in total. The van der Waals surface area contributed by atoms with E-state index in [-0.39, 0.29) is 0 Å². The molecule has 1 atom stereocenters. The molecule has 0 amide bonds. The minimum absolute atomic E-state index is 0.445. The summed E-state index contributed by atoms with van der Waals surface area (Å²) in [4.78, 5) is 10.5. The fourth-order valence-electron chi connectivity index (χ4n) is 2.07. The van der Waals surface area contributed by atoms with Crippen LogP contribution in [-0.4, -0.2) is 40.5 Å². The fraction of sp³-hybridized carbons (Fsp3) is 0.636. The van der Waals surface area contributed by atoms with Gasteiger partial charge in [-0.25, -0.2) is 9.97 Å². The molecule has 2 heterocycles. The van der Waals surface area contributed by atoms with Crippen molar-refractivity contribution in [2.45, 2.75) is 25.8 Å². The molecular weight excluding hydrogens is 224 g/mol. The van der Waals surface area contributed by atoms with E-state index in [1.54, 1.807) is 6.20 Å². The van der Waals surface area contributed by atoms with Crippen molar-refractivity contribution in [2.75, 3.05) is 25.0 Å². The fourth-order valence-corrected chi connectivity index (χ4v) is 2.23. The summed E-state index contributed by atoms with van der Waals surface area (Å²) >= 11 is 6.01. The van der Waals surface area contributed by atoms with E-state index in [9.17, 15) is 0 Å². The summed E-state index contributed by atoms with van der Waals surface area (Å²) in [6.45, 7) is 5.57. The lowest BCUT2D eigenvalue weighted by atomic mass is 10.1. The van der Waals surface area contributed by atoms with Gasteiger partial charge in [-0.2, -0.15) is 0 Å². The summed E-state index contributed by atoms with van der Waals surface area (Å²) in [6, 6.07) is 0.445. The topological polar surface area (TPSA) is 41.0 Å². The first-order valence-corrected chi connectivity index (χ1v) is 6.11. The molecule has 88 valence electrons. The molecule has 0 aliphatic carbocycles. The Morgan fingerprint density at radius 2 is 2.50 bits per heavy atom. The molecule has 4 nitrogen and oxygen atoms in total. The molecule has 1 unspecified atom stereocenters. The second-order valence-corrected chi connectivity index (χ2v) is 4.50. The maximum Gasteiger partial charge on any atom is 0.148 e. The third-order valence-corrected chi connectivity index (χ3v) is 3.24. The van der Waals surface area contributed by atoms with Crippen LogP contribution in [0.5, 0.6) is 0 Å². The highest BCUT2D eigenvalue weighted by Crippen LogP contribution is 2.20. The summed E-state index contributed by atoms with van der Waals surface area (Å²) < 4.78 is 0. The van der Waals surface area contributed by atoms with Crippen LogP contribution in [0.3, 0.4) is 0 Å². The molecule has 5 heteroatoms. The van der Waals surface area contributed by atoms with Crippen molar-refractivity contribution < 1.29 is 0 Å². The number of hydrogen-bond acceptors (Lipinski definition) is 4. The van der Waals surface area contributed by atoms with Crippen LogP contribution in [0.1, 0.15) is 19.8 Å². The van der Waals surface area contributed by atoms with Gasteiger partial charge in [0.1, 0.15) is 17.2 Å². The Morgan fingerprint density at radius 1 is 1.62 bits per heavy atom. The largest absolute Gasteiger partial charge is 0.365 e. The summed E-state index contributed by atoms with van der Waals surface area (Å²) in [5.41, 5.74) is 0. The number of aromatic nitrogens is 2. The van der Waals surface area contributed by atoms with Crippen LogP contribution in [0.4, 0.5) is 5.82 Å². The molecule has 0 bridgehead atoms. The summed E-state index contributed by atoms with van der Waals surface area (Å²) in [5, 5.41) is 3.98. The molecule has 16 heavy (non-hydrogen) atoms. The van der Waals surface area contributed by atoms with Gasteiger partial charge in [-0.15, -0.1) is 0 Å². The standard InChI is InChI=1S/C11H17ClN4/c1-2-16-5-3-4-9(7-16)15-11-10(12)6-13-8-14-11/h6,8-9H,2-5,7H2,1H3,(H,13,14,15). The van der Waals surface area contributed by atoms with Gasteiger partial charge in [-0.1, -0.05) is 18.5 Å². The van der Waals surface area contributed by atoms with E-state index < -0.39 is 0 Å². The first kappa shape index (κ1) is 11.6. The van der Waals surface area contributed by atoms with Crippen molar-refractivity contribution in [3.05, 3.63) is 17.5 Å². The van der Waals surface area contributed by atoms with E-state index in [4.69, 9.17) is 11.6 Å². The second kappa shape index (κ2) is 5.46. The zero-order chi connectivity index (χ0) is 11.4. The quantitative estimate of drug-likeness (QED) is 0.878. The number of halogens is 1. The highest BCUT2D eigenvalue weighted by Gasteiger charge is 2.19. The van der Waals surface area contributed by atoms with Crippen molar-refractivity contribution in [1.82, 2.24) is 14.9 Å². The van der Waals surface area contributed by atoms with Crippen LogP contribution in [0.25, 0.3) is 0 Å². The minimum atomic E-state index is 0.445. The van der Waals surface area contributed by atoms with Crippen molar-refractivity contribution in [2.24, 2.45) is 0 Å². The smallest absolute Gasteiger partial charge is 0.148 e. The number of nitrogens with zero attached hydrogens (tertiary/aromatic N) is 3. The number of piperidine rings is 1. The van der Waals surface area contributed by atoms with Crippen molar-refractivity contribution in [3.63, 3.8) is 0 Å². The number of nitrogens with one attached hydrogen (secondary N) is 1. The van der Waals surface area contributed by atoms with Crippen LogP contribution in [0.2, 0.25) is 5.02 Å². The number of hydrogen-bond donors (Lipinski definition) is 1. The number of anilines is 1. The summed E-state index contributed by atoms with van der Waals surface area (Å²) in [5.74, 6) is 0.750. The van der Waals surface area contributed by atoms with E-state index >= 15 is 0 Å². The van der Waals surface area contributed by atoms with Gasteiger partial charge < -0.3 is 10.2 Å². The van der Waals surface area contributed by atoms with Gasteiger partial charge >= 0.3 is 0 Å². The number of likely N-dealkylation sites (N-methyl/N-ethyl adjacent to an activating group) is 1. The first-order valence-electron chi connectivity index (χ1n) is 5.74. The summed E-state index contributed by atoms with van der Waals surface area (Å²) in [6.07, 6.45) is 5.55. The molecule has 1 aliphatic heterocycles. The molecule has 0 spiro atoms. The van der Waals surface area contributed by atoms with Crippen molar-refractivity contribution >= 4 is 17.4 Å². The lowest BCUT2D eigenvalue weighted by Crippen LogP contribution is -2.42. The van der Waals surface area contributed by atoms with E-state index in [0.29, 0.717) is 11.1 Å². The molecule has 2 rings (SSSR count). The van der Waals surface area contributed by atoms with Crippen molar-refractivity contribution in [3.8, 4) is 0 Å². The average Bonchev–Trinajstić information content (AvgIpc) is 2.32. The molecule has 1 aromatic heterocycles. The van der Waals surface area contributed by atoms with E-state index in [0.717, 1.165) is 18.9 Å². The van der Waals surface area contributed by atoms with Gasteiger partial charge in [0, 0.05) is 12.6 Å². The Morgan fingerprint density at radius 3 is 3.25 bits per heavy atom. The Labute approximate surface area is 101 Å². The van der Waals surface area contributed by atoms with Gasteiger partial charge in [0.15, 0.2) is 0 Å². The molecule has 0 radical (unpaired) electrons. The zero-order valence-electron chi connectivity index (χ0n) is 9.49. The predicted octanol–water partition coefficient (Wildman–Crippen LogP) is 2.03. The van der Waals surface area contributed by atoms with Crippen LogP contribution in [0, 0.1) is 0 Å². The lowest BCUT2D eigenvalue weighted by Gasteiger charge is -2.32. The van der Waals surface area contributed by atoms with Gasteiger partial charge in [0.2, 0.25) is 0 Å². The predicted molar refractivity (Wildman–Crippen MR) is 65.8 cm³/mol. The molecule has 0 aromatic carbocycles. The number of rotatable bonds is 3.